The van der Waals surface area contributed by atoms with Crippen LogP contribution in [0.25, 0.3) is 0 Å². The fourth-order valence-corrected chi connectivity index (χ4v) is 3.88. The van der Waals surface area contributed by atoms with Crippen LogP contribution in [0.2, 0.25) is 0 Å². The molecule has 1 atom stereocenters. The summed E-state index contributed by atoms with van der Waals surface area (Å²) in [6.07, 6.45) is 3.25. The third-order valence-electron chi connectivity index (χ3n) is 5.36. The van der Waals surface area contributed by atoms with Crippen molar-refractivity contribution in [2.45, 2.75) is 25.3 Å². The number of anilines is 1. The van der Waals surface area contributed by atoms with Gasteiger partial charge in [0.25, 0.3) is 0 Å². The number of carbonyl (C=O) groups is 1. The molecule has 3 rings (SSSR count). The van der Waals surface area contributed by atoms with Gasteiger partial charge in [0.15, 0.2) is 0 Å². The Morgan fingerprint density at radius 2 is 1.76 bits per heavy atom. The number of rotatable bonds is 6. The zero-order valence-corrected chi connectivity index (χ0v) is 15.5. The highest BCUT2D eigenvalue weighted by molar-refractivity contribution is 5.99. The van der Waals surface area contributed by atoms with Crippen molar-refractivity contribution in [3.63, 3.8) is 0 Å². The van der Waals surface area contributed by atoms with Gasteiger partial charge in [0.2, 0.25) is 5.91 Å². The van der Waals surface area contributed by atoms with Crippen molar-refractivity contribution < 1.29 is 14.3 Å². The highest BCUT2D eigenvalue weighted by atomic mass is 16.5. The summed E-state index contributed by atoms with van der Waals surface area (Å²) in [4.78, 5) is 17.1. The summed E-state index contributed by atoms with van der Waals surface area (Å²) in [6.45, 7) is 3.91. The van der Waals surface area contributed by atoms with Gasteiger partial charge in [0, 0.05) is 31.3 Å². The Bertz CT molecular complexity index is 579. The Labute approximate surface area is 150 Å². The standard InChI is InChI=1S/C19H29N3O3/c1-21(13-14-4-7-20-8-5-14)18-6-9-22(19(18)23)15-10-16(24-2)12-17(11-15)25-3/h10-12,14,18,20H,4-9,13H2,1-3H3. The molecule has 1 unspecified atom stereocenters. The van der Waals surface area contributed by atoms with Gasteiger partial charge in [-0.1, -0.05) is 0 Å². The minimum absolute atomic E-state index is 0.0351. The number of nitrogens with one attached hydrogen (secondary N) is 1. The Morgan fingerprint density at radius 1 is 1.12 bits per heavy atom. The van der Waals surface area contributed by atoms with Crippen LogP contribution in [0.3, 0.4) is 0 Å². The molecule has 0 radical (unpaired) electrons. The topological polar surface area (TPSA) is 54.0 Å². The molecule has 1 aromatic rings. The second-order valence-corrected chi connectivity index (χ2v) is 7.00. The fraction of sp³-hybridized carbons (Fsp3) is 0.632. The number of nitrogens with zero attached hydrogens (tertiary/aromatic N) is 2. The summed E-state index contributed by atoms with van der Waals surface area (Å²) in [6, 6.07) is 5.59. The van der Waals surface area contributed by atoms with Crippen LogP contribution in [0.15, 0.2) is 18.2 Å². The molecule has 2 aliphatic rings. The second kappa shape index (κ2) is 8.06. The molecule has 2 heterocycles. The van der Waals surface area contributed by atoms with E-state index in [1.54, 1.807) is 14.2 Å². The predicted octanol–water partition coefficient (Wildman–Crippen LogP) is 1.74. The van der Waals surface area contributed by atoms with Crippen LogP contribution in [-0.4, -0.2) is 64.3 Å². The van der Waals surface area contributed by atoms with Gasteiger partial charge in [-0.3, -0.25) is 9.69 Å². The number of likely N-dealkylation sites (N-methyl/N-ethyl adjacent to an activating group) is 1. The fourth-order valence-electron chi connectivity index (χ4n) is 3.88. The maximum Gasteiger partial charge on any atom is 0.244 e. The van der Waals surface area contributed by atoms with Crippen LogP contribution in [0.1, 0.15) is 19.3 Å². The third-order valence-corrected chi connectivity index (χ3v) is 5.36. The molecule has 6 nitrogen and oxygen atoms in total. The zero-order chi connectivity index (χ0) is 17.8. The molecule has 1 amide bonds. The molecular weight excluding hydrogens is 318 g/mol. The Hall–Kier alpha value is -1.79. The zero-order valence-electron chi connectivity index (χ0n) is 15.5. The van der Waals surface area contributed by atoms with Gasteiger partial charge in [-0.05, 0) is 45.3 Å². The number of benzene rings is 1. The van der Waals surface area contributed by atoms with Gasteiger partial charge in [-0.2, -0.15) is 0 Å². The van der Waals surface area contributed by atoms with E-state index in [0.29, 0.717) is 17.4 Å². The Kier molecular flexibility index (Phi) is 5.81. The lowest BCUT2D eigenvalue weighted by Crippen LogP contribution is -2.43. The number of carbonyl (C=O) groups excluding carboxylic acids is 1. The van der Waals surface area contributed by atoms with E-state index in [1.807, 2.05) is 23.1 Å². The molecule has 0 saturated carbocycles. The predicted molar refractivity (Wildman–Crippen MR) is 98.5 cm³/mol. The summed E-state index contributed by atoms with van der Waals surface area (Å²) in [5.41, 5.74) is 0.846. The highest BCUT2D eigenvalue weighted by Gasteiger charge is 2.36. The maximum absolute atomic E-state index is 13.0. The largest absolute Gasteiger partial charge is 0.497 e. The molecule has 1 aromatic carbocycles. The van der Waals surface area contributed by atoms with Gasteiger partial charge in [0.1, 0.15) is 11.5 Å². The molecule has 2 saturated heterocycles. The Balaban J connectivity index is 1.68. The quantitative estimate of drug-likeness (QED) is 0.850. The van der Waals surface area contributed by atoms with Crippen molar-refractivity contribution in [2.75, 3.05) is 52.3 Å². The summed E-state index contributed by atoms with van der Waals surface area (Å²) in [5, 5.41) is 3.40. The lowest BCUT2D eigenvalue weighted by molar-refractivity contribution is -0.121. The molecule has 6 heteroatoms. The van der Waals surface area contributed by atoms with E-state index in [-0.39, 0.29) is 11.9 Å². The van der Waals surface area contributed by atoms with Crippen LogP contribution in [0.5, 0.6) is 11.5 Å². The van der Waals surface area contributed by atoms with Gasteiger partial charge < -0.3 is 19.7 Å². The number of methoxy groups -OCH3 is 2. The first kappa shape index (κ1) is 18.0. The molecule has 138 valence electrons. The van der Waals surface area contributed by atoms with Gasteiger partial charge in [-0.25, -0.2) is 0 Å². The number of amides is 1. The highest BCUT2D eigenvalue weighted by Crippen LogP contribution is 2.32. The number of piperidine rings is 1. The molecule has 25 heavy (non-hydrogen) atoms. The van der Waals surface area contributed by atoms with Crippen molar-refractivity contribution >= 4 is 11.6 Å². The maximum atomic E-state index is 13.0. The van der Waals surface area contributed by atoms with Crippen molar-refractivity contribution in [2.24, 2.45) is 5.92 Å². The average molecular weight is 347 g/mol. The van der Waals surface area contributed by atoms with Gasteiger partial charge in [0.05, 0.1) is 25.9 Å². The summed E-state index contributed by atoms with van der Waals surface area (Å²) in [5.74, 6) is 2.26. The molecule has 0 aliphatic carbocycles. The number of hydrogen-bond acceptors (Lipinski definition) is 5. The summed E-state index contributed by atoms with van der Waals surface area (Å²) < 4.78 is 10.7. The second-order valence-electron chi connectivity index (χ2n) is 7.00. The third kappa shape index (κ3) is 4.07. The van der Waals surface area contributed by atoms with Crippen LogP contribution in [0.4, 0.5) is 5.69 Å². The lowest BCUT2D eigenvalue weighted by atomic mass is 9.97. The van der Waals surface area contributed by atoms with E-state index in [9.17, 15) is 4.79 Å². The minimum Gasteiger partial charge on any atom is -0.497 e. The normalized spacial score (nSPS) is 21.8. The SMILES string of the molecule is COc1cc(OC)cc(N2CCC(N(C)CC3CCNCC3)C2=O)c1. The van der Waals surface area contributed by atoms with Crippen molar-refractivity contribution in [1.29, 1.82) is 0 Å². The molecular formula is C19H29N3O3. The molecule has 0 bridgehead atoms. The first-order chi connectivity index (χ1) is 12.1. The van der Waals surface area contributed by atoms with Crippen molar-refractivity contribution in [1.82, 2.24) is 10.2 Å². The molecule has 0 aromatic heterocycles. The van der Waals surface area contributed by atoms with Crippen LogP contribution in [0, 0.1) is 5.92 Å². The monoisotopic (exact) mass is 347 g/mol. The van der Waals surface area contributed by atoms with Crippen LogP contribution in [-0.2, 0) is 4.79 Å². The number of hydrogen-bond donors (Lipinski definition) is 1. The number of ether oxygens (including phenoxy) is 2. The van der Waals surface area contributed by atoms with E-state index in [1.165, 1.54) is 12.8 Å². The van der Waals surface area contributed by atoms with Crippen molar-refractivity contribution in [3.8, 4) is 11.5 Å². The van der Waals surface area contributed by atoms with E-state index in [4.69, 9.17) is 9.47 Å². The van der Waals surface area contributed by atoms with E-state index < -0.39 is 0 Å². The molecule has 2 aliphatic heterocycles. The molecule has 2 fully saturated rings. The molecule has 0 spiro atoms. The minimum atomic E-state index is -0.0351. The lowest BCUT2D eigenvalue weighted by Gasteiger charge is -2.30. The first-order valence-electron chi connectivity index (χ1n) is 9.07. The summed E-state index contributed by atoms with van der Waals surface area (Å²) in [7, 11) is 5.33. The molecule has 1 N–H and O–H groups in total. The van der Waals surface area contributed by atoms with Crippen LogP contribution < -0.4 is 19.7 Å². The first-order valence-corrected chi connectivity index (χ1v) is 9.07. The summed E-state index contributed by atoms with van der Waals surface area (Å²) >= 11 is 0. The van der Waals surface area contributed by atoms with Crippen molar-refractivity contribution in [3.05, 3.63) is 18.2 Å². The smallest absolute Gasteiger partial charge is 0.244 e. The van der Waals surface area contributed by atoms with E-state index >= 15 is 0 Å². The average Bonchev–Trinajstić information content (AvgIpc) is 3.03. The van der Waals surface area contributed by atoms with Crippen LogP contribution >= 0.6 is 0 Å². The van der Waals surface area contributed by atoms with E-state index in [0.717, 1.165) is 38.3 Å². The van der Waals surface area contributed by atoms with Gasteiger partial charge in [-0.15, -0.1) is 0 Å². The van der Waals surface area contributed by atoms with Gasteiger partial charge >= 0.3 is 0 Å². The Morgan fingerprint density at radius 3 is 2.36 bits per heavy atom. The van der Waals surface area contributed by atoms with E-state index in [2.05, 4.69) is 17.3 Å².